The number of ether oxygens (including phenoxy) is 1. The molecule has 4 amide bonds. The molecule has 5 N–H and O–H groups in total. The molecule has 0 heterocycles. The molecule has 0 aliphatic carbocycles. The third-order valence-corrected chi connectivity index (χ3v) is 6.36. The van der Waals surface area contributed by atoms with E-state index in [1.165, 1.54) is 4.90 Å². The fourth-order valence-electron chi connectivity index (χ4n) is 4.23. The van der Waals surface area contributed by atoms with E-state index < -0.39 is 48.1 Å². The topological polar surface area (TPSA) is 151 Å². The maximum Gasteiger partial charge on any atom is 0.408 e. The molecule has 0 aliphatic heterocycles. The minimum Gasteiger partial charge on any atom is -0.444 e. The Morgan fingerprint density at radius 2 is 1.75 bits per heavy atom. The Morgan fingerprint density at radius 1 is 1.07 bits per heavy atom. The van der Waals surface area contributed by atoms with Crippen molar-refractivity contribution < 1.29 is 29.0 Å². The fourth-order valence-corrected chi connectivity index (χ4v) is 4.50. The first-order valence-corrected chi connectivity index (χ1v) is 13.3. The summed E-state index contributed by atoms with van der Waals surface area (Å²) < 4.78 is 5.31. The van der Waals surface area contributed by atoms with Crippen LogP contribution in [0.3, 0.4) is 0 Å². The van der Waals surface area contributed by atoms with Gasteiger partial charge in [0, 0.05) is 13.0 Å². The molecule has 0 radical (unpaired) electrons. The van der Waals surface area contributed by atoms with E-state index in [1.54, 1.807) is 52.0 Å². The first kappa shape index (κ1) is 32.6. The van der Waals surface area contributed by atoms with E-state index in [9.17, 15) is 24.3 Å². The number of hydrogen-bond donors (Lipinski definition) is 4. The lowest BCUT2D eigenvalue weighted by molar-refractivity contribution is -0.141. The molecule has 0 spiro atoms. The monoisotopic (exact) mass is 574 g/mol. The Bertz CT molecular complexity index is 1220. The lowest BCUT2D eigenvalue weighted by Crippen LogP contribution is -2.53. The number of halogens is 1. The lowest BCUT2D eigenvalue weighted by Gasteiger charge is -2.35. The first-order valence-electron chi connectivity index (χ1n) is 13.0. The third-order valence-electron chi connectivity index (χ3n) is 6.04. The van der Waals surface area contributed by atoms with Crippen LogP contribution < -0.4 is 16.4 Å². The molecule has 218 valence electrons. The van der Waals surface area contributed by atoms with Gasteiger partial charge in [0.2, 0.25) is 11.8 Å². The number of benzene rings is 2. The molecule has 40 heavy (non-hydrogen) atoms. The van der Waals surface area contributed by atoms with Crippen LogP contribution in [0, 0.1) is 20.8 Å². The molecule has 2 unspecified atom stereocenters. The van der Waals surface area contributed by atoms with E-state index in [2.05, 4.69) is 10.6 Å². The number of nitrogens with one attached hydrogen (secondary N) is 2. The molecule has 2 rings (SSSR count). The molecule has 11 heteroatoms. The highest BCUT2D eigenvalue weighted by Gasteiger charge is 2.37. The number of anilines is 1. The number of alkyl carbamates (subject to hydrolysis) is 1. The van der Waals surface area contributed by atoms with Gasteiger partial charge < -0.3 is 31.1 Å². The molecule has 0 aromatic heterocycles. The molecule has 0 saturated carbocycles. The number of primary amides is 1. The molecule has 0 aliphatic rings. The minimum absolute atomic E-state index is 0.139. The van der Waals surface area contributed by atoms with Crippen molar-refractivity contribution in [1.29, 1.82) is 0 Å². The van der Waals surface area contributed by atoms with Gasteiger partial charge in [0.15, 0.2) is 0 Å². The highest BCUT2D eigenvalue weighted by molar-refractivity contribution is 6.34. The van der Waals surface area contributed by atoms with E-state index in [-0.39, 0.29) is 19.4 Å². The molecular weight excluding hydrogens is 536 g/mol. The summed E-state index contributed by atoms with van der Waals surface area (Å²) in [6.45, 7) is 9.80. The predicted molar refractivity (Wildman–Crippen MR) is 154 cm³/mol. The Balaban J connectivity index is 2.59. The van der Waals surface area contributed by atoms with Gasteiger partial charge in [0.1, 0.15) is 17.7 Å². The highest BCUT2D eigenvalue weighted by atomic mass is 35.5. The van der Waals surface area contributed by atoms with Crippen LogP contribution in [0.1, 0.15) is 61.9 Å². The molecule has 0 bridgehead atoms. The molecule has 2 aromatic rings. The van der Waals surface area contributed by atoms with Gasteiger partial charge in [-0.05, 0) is 70.7 Å². The largest absolute Gasteiger partial charge is 0.444 e. The van der Waals surface area contributed by atoms with Gasteiger partial charge in [-0.25, -0.2) is 4.79 Å². The molecule has 0 fully saturated rings. The van der Waals surface area contributed by atoms with Crippen LogP contribution in [-0.2, 0) is 19.1 Å². The number of aryl methyl sites for hydroxylation is 3. The number of carbonyl (C=O) groups is 4. The average molecular weight is 575 g/mol. The van der Waals surface area contributed by atoms with Gasteiger partial charge in [0.25, 0.3) is 5.91 Å². The zero-order valence-electron chi connectivity index (χ0n) is 23.8. The number of nitrogens with zero attached hydrogens (tertiary/aromatic N) is 1. The maximum absolute atomic E-state index is 14.0. The number of carbonyl (C=O) groups excluding carboxylic acids is 4. The summed E-state index contributed by atoms with van der Waals surface area (Å²) in [5, 5.41) is 15.6. The van der Waals surface area contributed by atoms with E-state index in [4.69, 9.17) is 22.1 Å². The van der Waals surface area contributed by atoms with Crippen molar-refractivity contribution in [3.8, 4) is 0 Å². The number of rotatable bonds is 11. The number of aliphatic hydroxyl groups is 1. The molecular formula is C29H39ClN4O6. The van der Waals surface area contributed by atoms with Gasteiger partial charge in [0.05, 0.1) is 17.3 Å². The lowest BCUT2D eigenvalue weighted by atomic mass is 9.96. The zero-order valence-corrected chi connectivity index (χ0v) is 24.6. The Labute approximate surface area is 240 Å². The standard InChI is InChI=1S/C29H39ClN4O6/c1-17-10-11-20(19(3)16-17)25(26(37)33-24-18(2)8-7-9-21(24)30)34(14-15-35)27(38)22(12-13-23(31)36)32-28(39)40-29(4,5)6/h7-11,16,22,25,35H,12-15H2,1-6H3,(H2,31,36)(H,32,39)(H,33,37). The van der Waals surface area contributed by atoms with Crippen LogP contribution in [0.25, 0.3) is 0 Å². The van der Waals surface area contributed by atoms with Crippen molar-refractivity contribution >= 4 is 41.1 Å². The van der Waals surface area contributed by atoms with Gasteiger partial charge in [-0.2, -0.15) is 0 Å². The SMILES string of the molecule is Cc1ccc(C(C(=O)Nc2c(C)cccc2Cl)N(CCO)C(=O)C(CCC(N)=O)NC(=O)OC(C)(C)C)c(C)c1. The molecule has 0 saturated heterocycles. The molecule has 2 aromatic carbocycles. The zero-order chi connectivity index (χ0) is 30.2. The Kier molecular flexibility index (Phi) is 11.5. The summed E-state index contributed by atoms with van der Waals surface area (Å²) >= 11 is 6.37. The number of amides is 4. The van der Waals surface area contributed by atoms with Crippen LogP contribution in [-0.4, -0.2) is 58.6 Å². The van der Waals surface area contributed by atoms with E-state index in [0.717, 1.165) is 11.1 Å². The summed E-state index contributed by atoms with van der Waals surface area (Å²) in [7, 11) is 0. The summed E-state index contributed by atoms with van der Waals surface area (Å²) in [4.78, 5) is 53.3. The average Bonchev–Trinajstić information content (AvgIpc) is 2.83. The number of hydrogen-bond acceptors (Lipinski definition) is 6. The summed E-state index contributed by atoms with van der Waals surface area (Å²) in [6.07, 6.45) is -1.23. The molecule has 2 atom stereocenters. The van der Waals surface area contributed by atoms with E-state index in [0.29, 0.717) is 21.8 Å². The van der Waals surface area contributed by atoms with Gasteiger partial charge >= 0.3 is 6.09 Å². The summed E-state index contributed by atoms with van der Waals surface area (Å²) in [5.74, 6) is -1.94. The Hall–Kier alpha value is -3.63. The van der Waals surface area contributed by atoms with Crippen LogP contribution in [0.15, 0.2) is 36.4 Å². The van der Waals surface area contributed by atoms with Crippen molar-refractivity contribution in [2.75, 3.05) is 18.5 Å². The maximum atomic E-state index is 14.0. The predicted octanol–water partition coefficient (Wildman–Crippen LogP) is 3.92. The first-order chi connectivity index (χ1) is 18.6. The minimum atomic E-state index is -1.27. The number of nitrogens with two attached hydrogens (primary N) is 1. The second kappa shape index (κ2) is 14.1. The van der Waals surface area contributed by atoms with Crippen LogP contribution in [0.2, 0.25) is 5.02 Å². The second-order valence-electron chi connectivity index (χ2n) is 10.6. The summed E-state index contributed by atoms with van der Waals surface area (Å²) in [6, 6.07) is 8.13. The fraction of sp³-hybridized carbons (Fsp3) is 0.448. The van der Waals surface area contributed by atoms with Crippen molar-refractivity contribution in [2.24, 2.45) is 5.73 Å². The van der Waals surface area contributed by atoms with Crippen LogP contribution in [0.4, 0.5) is 10.5 Å². The van der Waals surface area contributed by atoms with Crippen molar-refractivity contribution in [1.82, 2.24) is 10.2 Å². The third kappa shape index (κ3) is 9.24. The van der Waals surface area contributed by atoms with Crippen molar-refractivity contribution in [3.05, 3.63) is 63.7 Å². The van der Waals surface area contributed by atoms with Crippen molar-refractivity contribution in [3.63, 3.8) is 0 Å². The van der Waals surface area contributed by atoms with E-state index in [1.807, 2.05) is 26.0 Å². The van der Waals surface area contributed by atoms with Crippen LogP contribution >= 0.6 is 11.6 Å². The van der Waals surface area contributed by atoms with Gasteiger partial charge in [-0.1, -0.05) is 47.5 Å². The van der Waals surface area contributed by atoms with Crippen molar-refractivity contribution in [2.45, 2.75) is 72.1 Å². The second-order valence-corrected chi connectivity index (χ2v) is 11.0. The number of aliphatic hydroxyl groups excluding tert-OH is 1. The smallest absolute Gasteiger partial charge is 0.408 e. The quantitative estimate of drug-likeness (QED) is 0.319. The summed E-state index contributed by atoms with van der Waals surface area (Å²) in [5.41, 5.74) is 7.79. The molecule has 10 nitrogen and oxygen atoms in total. The van der Waals surface area contributed by atoms with E-state index >= 15 is 0 Å². The van der Waals surface area contributed by atoms with Gasteiger partial charge in [-0.3, -0.25) is 14.4 Å². The van der Waals surface area contributed by atoms with Gasteiger partial charge in [-0.15, -0.1) is 0 Å². The normalized spacial score (nSPS) is 12.7. The van der Waals surface area contributed by atoms with Crippen LogP contribution in [0.5, 0.6) is 0 Å². The number of para-hydroxylation sites is 1. The highest BCUT2D eigenvalue weighted by Crippen LogP contribution is 2.31. The Morgan fingerprint density at radius 3 is 2.30 bits per heavy atom.